The van der Waals surface area contributed by atoms with Gasteiger partial charge in [-0.1, -0.05) is 49.7 Å². The Labute approximate surface area is 139 Å². The van der Waals surface area contributed by atoms with Crippen LogP contribution in [-0.2, 0) is 13.0 Å². The standard InChI is InChI=1S/C20H28N2O/c1-15(2)22-12-4-5-17-10-11-20(19(21)13-17)23-14-18-8-6-16(3)7-9-18/h6-11,13,15,22H,4-5,12,14,21H2,1-3H3. The lowest BCUT2D eigenvalue weighted by Gasteiger charge is -2.11. The summed E-state index contributed by atoms with van der Waals surface area (Å²) >= 11 is 0. The van der Waals surface area contributed by atoms with Gasteiger partial charge in [0, 0.05) is 6.04 Å². The zero-order valence-corrected chi connectivity index (χ0v) is 14.4. The highest BCUT2D eigenvalue weighted by Crippen LogP contribution is 2.24. The van der Waals surface area contributed by atoms with Crippen molar-refractivity contribution in [3.05, 3.63) is 59.2 Å². The molecule has 3 N–H and O–H groups in total. The third kappa shape index (κ3) is 5.95. The second kappa shape index (κ2) is 8.59. The fourth-order valence-electron chi connectivity index (χ4n) is 2.41. The number of aryl methyl sites for hydroxylation is 2. The lowest BCUT2D eigenvalue weighted by Crippen LogP contribution is -2.23. The first kappa shape index (κ1) is 17.4. The first-order chi connectivity index (χ1) is 11.0. The van der Waals surface area contributed by atoms with Crippen LogP contribution >= 0.6 is 0 Å². The van der Waals surface area contributed by atoms with Crippen molar-refractivity contribution in [2.75, 3.05) is 12.3 Å². The molecule has 0 saturated heterocycles. The van der Waals surface area contributed by atoms with Gasteiger partial charge < -0.3 is 15.8 Å². The summed E-state index contributed by atoms with van der Waals surface area (Å²) in [5.41, 5.74) is 10.5. The highest BCUT2D eigenvalue weighted by atomic mass is 16.5. The average molecular weight is 312 g/mol. The van der Waals surface area contributed by atoms with Gasteiger partial charge in [0.15, 0.2) is 0 Å². The van der Waals surface area contributed by atoms with E-state index in [1.807, 2.05) is 12.1 Å². The van der Waals surface area contributed by atoms with Crippen LogP contribution in [0, 0.1) is 6.92 Å². The molecule has 0 heterocycles. The molecule has 0 saturated carbocycles. The van der Waals surface area contributed by atoms with Crippen LogP contribution in [0.1, 0.15) is 37.0 Å². The zero-order chi connectivity index (χ0) is 16.7. The highest BCUT2D eigenvalue weighted by Gasteiger charge is 2.03. The van der Waals surface area contributed by atoms with Gasteiger partial charge in [0.2, 0.25) is 0 Å². The Kier molecular flexibility index (Phi) is 6.48. The summed E-state index contributed by atoms with van der Waals surface area (Å²) in [7, 11) is 0. The lowest BCUT2D eigenvalue weighted by atomic mass is 10.1. The van der Waals surface area contributed by atoms with Crippen molar-refractivity contribution in [2.24, 2.45) is 0 Å². The van der Waals surface area contributed by atoms with Crippen LogP contribution in [0.3, 0.4) is 0 Å². The molecule has 3 heteroatoms. The van der Waals surface area contributed by atoms with E-state index in [-0.39, 0.29) is 0 Å². The molecule has 2 aromatic rings. The molecular formula is C20H28N2O. The van der Waals surface area contributed by atoms with E-state index >= 15 is 0 Å². The topological polar surface area (TPSA) is 47.3 Å². The summed E-state index contributed by atoms with van der Waals surface area (Å²) in [6, 6.07) is 15.0. The molecule has 0 aromatic heterocycles. The monoisotopic (exact) mass is 312 g/mol. The molecule has 23 heavy (non-hydrogen) atoms. The Morgan fingerprint density at radius 2 is 1.74 bits per heavy atom. The number of anilines is 1. The smallest absolute Gasteiger partial charge is 0.142 e. The van der Waals surface area contributed by atoms with Gasteiger partial charge in [-0.05, 0) is 49.6 Å². The van der Waals surface area contributed by atoms with E-state index < -0.39 is 0 Å². The normalized spacial score (nSPS) is 11.0. The summed E-state index contributed by atoms with van der Waals surface area (Å²) in [5, 5.41) is 3.43. The molecule has 124 valence electrons. The van der Waals surface area contributed by atoms with Gasteiger partial charge >= 0.3 is 0 Å². The second-order valence-corrected chi connectivity index (χ2v) is 6.36. The molecule has 0 aliphatic carbocycles. The van der Waals surface area contributed by atoms with Gasteiger partial charge in [-0.3, -0.25) is 0 Å². The summed E-state index contributed by atoms with van der Waals surface area (Å²) < 4.78 is 5.84. The van der Waals surface area contributed by atoms with Crippen molar-refractivity contribution in [3.63, 3.8) is 0 Å². The molecule has 0 amide bonds. The molecule has 2 rings (SSSR count). The third-order valence-corrected chi connectivity index (χ3v) is 3.78. The Morgan fingerprint density at radius 3 is 2.39 bits per heavy atom. The van der Waals surface area contributed by atoms with E-state index in [0.29, 0.717) is 18.3 Å². The molecule has 0 atom stereocenters. The van der Waals surface area contributed by atoms with E-state index in [1.165, 1.54) is 11.1 Å². The van der Waals surface area contributed by atoms with Gasteiger partial charge in [-0.2, -0.15) is 0 Å². The number of nitrogen functional groups attached to an aromatic ring is 1. The van der Waals surface area contributed by atoms with E-state index in [1.54, 1.807) is 0 Å². The van der Waals surface area contributed by atoms with Gasteiger partial charge in [0.1, 0.15) is 12.4 Å². The van der Waals surface area contributed by atoms with Crippen molar-refractivity contribution in [2.45, 2.75) is 46.3 Å². The third-order valence-electron chi connectivity index (χ3n) is 3.78. The zero-order valence-electron chi connectivity index (χ0n) is 14.4. The Bertz CT molecular complexity index is 606. The van der Waals surface area contributed by atoms with Crippen LogP contribution in [0.2, 0.25) is 0 Å². The molecule has 0 bridgehead atoms. The van der Waals surface area contributed by atoms with E-state index in [4.69, 9.17) is 10.5 Å². The first-order valence-electron chi connectivity index (χ1n) is 8.34. The SMILES string of the molecule is Cc1ccc(COc2ccc(CCCNC(C)C)cc2N)cc1. The molecular weight excluding hydrogens is 284 g/mol. The van der Waals surface area contributed by atoms with Crippen LogP contribution in [0.5, 0.6) is 5.75 Å². The Balaban J connectivity index is 1.85. The van der Waals surface area contributed by atoms with E-state index in [9.17, 15) is 0 Å². The molecule has 0 fully saturated rings. The molecule has 0 radical (unpaired) electrons. The van der Waals surface area contributed by atoms with Gasteiger partial charge in [0.25, 0.3) is 0 Å². The number of nitrogens with two attached hydrogens (primary N) is 1. The van der Waals surface area contributed by atoms with E-state index in [0.717, 1.165) is 30.7 Å². The first-order valence-corrected chi connectivity index (χ1v) is 8.34. The number of benzene rings is 2. The van der Waals surface area contributed by atoms with Gasteiger partial charge in [-0.15, -0.1) is 0 Å². The second-order valence-electron chi connectivity index (χ2n) is 6.36. The summed E-state index contributed by atoms with van der Waals surface area (Å²) in [6.07, 6.45) is 2.14. The highest BCUT2D eigenvalue weighted by molar-refractivity contribution is 5.54. The molecule has 0 aliphatic rings. The minimum atomic E-state index is 0.539. The summed E-state index contributed by atoms with van der Waals surface area (Å²) in [6.45, 7) is 7.99. The number of nitrogens with one attached hydrogen (secondary N) is 1. The Morgan fingerprint density at radius 1 is 1.04 bits per heavy atom. The van der Waals surface area contributed by atoms with Crippen molar-refractivity contribution in [1.82, 2.24) is 5.32 Å². The van der Waals surface area contributed by atoms with Crippen molar-refractivity contribution >= 4 is 5.69 Å². The summed E-state index contributed by atoms with van der Waals surface area (Å²) in [5.74, 6) is 0.759. The molecule has 0 aliphatic heterocycles. The molecule has 0 spiro atoms. The van der Waals surface area contributed by atoms with Crippen LogP contribution in [0.15, 0.2) is 42.5 Å². The predicted octanol–water partition coefficient (Wildman–Crippen LogP) is 4.09. The fourth-order valence-corrected chi connectivity index (χ4v) is 2.41. The van der Waals surface area contributed by atoms with Crippen LogP contribution < -0.4 is 15.8 Å². The number of hydrogen-bond donors (Lipinski definition) is 2. The minimum absolute atomic E-state index is 0.539. The maximum atomic E-state index is 6.12. The maximum absolute atomic E-state index is 6.12. The average Bonchev–Trinajstić information content (AvgIpc) is 2.52. The maximum Gasteiger partial charge on any atom is 0.142 e. The van der Waals surface area contributed by atoms with Crippen LogP contribution in [0.4, 0.5) is 5.69 Å². The van der Waals surface area contributed by atoms with Crippen LogP contribution in [0.25, 0.3) is 0 Å². The van der Waals surface area contributed by atoms with Crippen molar-refractivity contribution in [1.29, 1.82) is 0 Å². The molecule has 0 unspecified atom stereocenters. The minimum Gasteiger partial charge on any atom is -0.487 e. The van der Waals surface area contributed by atoms with Crippen molar-refractivity contribution < 1.29 is 4.74 Å². The van der Waals surface area contributed by atoms with Crippen LogP contribution in [-0.4, -0.2) is 12.6 Å². The largest absolute Gasteiger partial charge is 0.487 e. The fraction of sp³-hybridized carbons (Fsp3) is 0.400. The van der Waals surface area contributed by atoms with Gasteiger partial charge in [-0.25, -0.2) is 0 Å². The summed E-state index contributed by atoms with van der Waals surface area (Å²) in [4.78, 5) is 0. The van der Waals surface area contributed by atoms with Crippen molar-refractivity contribution in [3.8, 4) is 5.75 Å². The number of rotatable bonds is 8. The number of ether oxygens (including phenoxy) is 1. The van der Waals surface area contributed by atoms with Gasteiger partial charge in [0.05, 0.1) is 5.69 Å². The molecule has 3 nitrogen and oxygen atoms in total. The Hall–Kier alpha value is -2.00. The number of hydrogen-bond acceptors (Lipinski definition) is 3. The quantitative estimate of drug-likeness (QED) is 0.570. The predicted molar refractivity (Wildman–Crippen MR) is 97.8 cm³/mol. The van der Waals surface area contributed by atoms with E-state index in [2.05, 4.69) is 56.4 Å². The lowest BCUT2D eigenvalue weighted by molar-refractivity contribution is 0.308. The molecule has 2 aromatic carbocycles.